The van der Waals surface area contributed by atoms with Crippen molar-refractivity contribution >= 4 is 17.6 Å². The van der Waals surface area contributed by atoms with E-state index in [1.54, 1.807) is 10.9 Å². The Hall–Kier alpha value is -1.42. The molecule has 0 bridgehead atoms. The summed E-state index contributed by atoms with van der Waals surface area (Å²) in [6.07, 6.45) is 4.57. The molecule has 0 aliphatic heterocycles. The quantitative estimate of drug-likeness (QED) is 0.682. The van der Waals surface area contributed by atoms with E-state index in [-0.39, 0.29) is 0 Å². The first kappa shape index (κ1) is 8.19. The molecule has 0 saturated carbocycles. The predicted octanol–water partition coefficient (Wildman–Crippen LogP) is 2.05. The molecule has 13 heavy (non-hydrogen) atoms. The van der Waals surface area contributed by atoms with Crippen molar-refractivity contribution < 1.29 is 4.79 Å². The third-order valence-electron chi connectivity index (χ3n) is 1.70. The SMILES string of the molecule is Cc1cnn(-c2csc(C=O)c2)c1. The molecular weight excluding hydrogens is 184 g/mol. The molecule has 2 rings (SSSR count). The number of hydrogen-bond acceptors (Lipinski definition) is 3. The minimum Gasteiger partial charge on any atom is -0.297 e. The van der Waals surface area contributed by atoms with Crippen LogP contribution in [0.2, 0.25) is 0 Å². The number of aldehydes is 1. The second-order valence-corrected chi connectivity index (χ2v) is 3.73. The molecule has 0 N–H and O–H groups in total. The van der Waals surface area contributed by atoms with Gasteiger partial charge in [-0.05, 0) is 18.6 Å². The number of hydrogen-bond donors (Lipinski definition) is 0. The molecule has 0 aliphatic carbocycles. The van der Waals surface area contributed by atoms with Crippen LogP contribution in [-0.2, 0) is 0 Å². The lowest BCUT2D eigenvalue weighted by atomic mass is 10.4. The molecule has 0 aromatic carbocycles. The van der Waals surface area contributed by atoms with Gasteiger partial charge in [-0.1, -0.05) is 0 Å². The van der Waals surface area contributed by atoms with Gasteiger partial charge in [0.2, 0.25) is 0 Å². The standard InChI is InChI=1S/C9H8N2OS/c1-7-3-10-11(4-7)8-2-9(5-12)13-6-8/h2-6H,1H3. The highest BCUT2D eigenvalue weighted by Crippen LogP contribution is 2.16. The number of aryl methyl sites for hydroxylation is 1. The van der Waals surface area contributed by atoms with Crippen LogP contribution in [0.3, 0.4) is 0 Å². The highest BCUT2D eigenvalue weighted by molar-refractivity contribution is 7.12. The molecule has 0 radical (unpaired) electrons. The van der Waals surface area contributed by atoms with Crippen LogP contribution >= 0.6 is 11.3 Å². The fraction of sp³-hybridized carbons (Fsp3) is 0.111. The van der Waals surface area contributed by atoms with Gasteiger partial charge in [0.15, 0.2) is 6.29 Å². The first-order chi connectivity index (χ1) is 6.29. The van der Waals surface area contributed by atoms with Crippen LogP contribution in [0.1, 0.15) is 15.2 Å². The highest BCUT2D eigenvalue weighted by Gasteiger charge is 2.01. The second-order valence-electron chi connectivity index (χ2n) is 2.79. The van der Waals surface area contributed by atoms with Crippen LogP contribution in [0, 0.1) is 6.92 Å². The van der Waals surface area contributed by atoms with Gasteiger partial charge >= 0.3 is 0 Å². The predicted molar refractivity (Wildman–Crippen MR) is 51.6 cm³/mol. The van der Waals surface area contributed by atoms with Crippen LogP contribution in [0.4, 0.5) is 0 Å². The molecule has 2 heterocycles. The van der Waals surface area contributed by atoms with E-state index in [1.165, 1.54) is 11.3 Å². The molecule has 3 nitrogen and oxygen atoms in total. The van der Waals surface area contributed by atoms with Gasteiger partial charge in [0.1, 0.15) is 0 Å². The average Bonchev–Trinajstić information content (AvgIpc) is 2.71. The van der Waals surface area contributed by atoms with E-state index in [0.717, 1.165) is 22.4 Å². The maximum atomic E-state index is 10.4. The third kappa shape index (κ3) is 1.53. The molecule has 2 aromatic rings. The minimum atomic E-state index is 0.725. The maximum absolute atomic E-state index is 10.4. The van der Waals surface area contributed by atoms with E-state index >= 15 is 0 Å². The van der Waals surface area contributed by atoms with E-state index in [2.05, 4.69) is 5.10 Å². The molecule has 0 aliphatic rings. The van der Waals surface area contributed by atoms with Gasteiger partial charge in [-0.2, -0.15) is 5.10 Å². The van der Waals surface area contributed by atoms with Gasteiger partial charge in [-0.3, -0.25) is 4.79 Å². The molecule has 66 valence electrons. The molecular formula is C9H8N2OS. The first-order valence-electron chi connectivity index (χ1n) is 3.85. The Morgan fingerprint density at radius 1 is 1.62 bits per heavy atom. The number of rotatable bonds is 2. The van der Waals surface area contributed by atoms with Crippen molar-refractivity contribution in [1.82, 2.24) is 9.78 Å². The topological polar surface area (TPSA) is 34.9 Å². The summed E-state index contributed by atoms with van der Waals surface area (Å²) in [6, 6.07) is 1.82. The molecule has 4 heteroatoms. The first-order valence-corrected chi connectivity index (χ1v) is 4.73. The van der Waals surface area contributed by atoms with Gasteiger partial charge in [0.05, 0.1) is 16.8 Å². The zero-order chi connectivity index (χ0) is 9.26. The molecule has 0 unspecified atom stereocenters. The number of nitrogens with zero attached hydrogens (tertiary/aromatic N) is 2. The smallest absolute Gasteiger partial charge is 0.160 e. The summed E-state index contributed by atoms with van der Waals surface area (Å²) in [5.41, 5.74) is 2.05. The molecule has 0 amide bonds. The molecule has 0 atom stereocenters. The summed E-state index contributed by atoms with van der Waals surface area (Å²) in [7, 11) is 0. The third-order valence-corrected chi connectivity index (χ3v) is 2.54. The van der Waals surface area contributed by atoms with E-state index in [0.29, 0.717) is 0 Å². The Bertz CT molecular complexity index is 430. The van der Waals surface area contributed by atoms with Crippen molar-refractivity contribution in [2.45, 2.75) is 6.92 Å². The van der Waals surface area contributed by atoms with Crippen LogP contribution in [0.25, 0.3) is 5.69 Å². The van der Waals surface area contributed by atoms with Crippen molar-refractivity contribution in [1.29, 1.82) is 0 Å². The van der Waals surface area contributed by atoms with Gasteiger partial charge < -0.3 is 0 Å². The minimum absolute atomic E-state index is 0.725. The van der Waals surface area contributed by atoms with Crippen molar-refractivity contribution in [3.05, 3.63) is 34.3 Å². The van der Waals surface area contributed by atoms with Crippen LogP contribution in [0.15, 0.2) is 23.8 Å². The van der Waals surface area contributed by atoms with Crippen molar-refractivity contribution in [3.8, 4) is 5.69 Å². The summed E-state index contributed by atoms with van der Waals surface area (Å²) in [5, 5.41) is 6.05. The summed E-state index contributed by atoms with van der Waals surface area (Å²) >= 11 is 1.42. The van der Waals surface area contributed by atoms with Gasteiger partial charge in [-0.25, -0.2) is 4.68 Å². The van der Waals surface area contributed by atoms with Gasteiger partial charge in [0.25, 0.3) is 0 Å². The number of aromatic nitrogens is 2. The Balaban J connectivity index is 2.40. The number of carbonyl (C=O) groups is 1. The fourth-order valence-corrected chi connectivity index (χ4v) is 1.76. The van der Waals surface area contributed by atoms with Crippen molar-refractivity contribution in [2.75, 3.05) is 0 Å². The second kappa shape index (κ2) is 3.14. The summed E-state index contributed by atoms with van der Waals surface area (Å²) < 4.78 is 1.76. The summed E-state index contributed by atoms with van der Waals surface area (Å²) in [4.78, 5) is 11.2. The summed E-state index contributed by atoms with van der Waals surface area (Å²) in [5.74, 6) is 0. The maximum Gasteiger partial charge on any atom is 0.160 e. The summed E-state index contributed by atoms with van der Waals surface area (Å²) in [6.45, 7) is 1.98. The molecule has 0 saturated heterocycles. The Labute approximate surface area is 79.6 Å². The molecule has 0 spiro atoms. The average molecular weight is 192 g/mol. The van der Waals surface area contributed by atoms with Crippen LogP contribution in [-0.4, -0.2) is 16.1 Å². The number of carbonyl (C=O) groups excluding carboxylic acids is 1. The Morgan fingerprint density at radius 3 is 3.00 bits per heavy atom. The lowest BCUT2D eigenvalue weighted by molar-refractivity contribution is 0.112. The van der Waals surface area contributed by atoms with E-state index in [9.17, 15) is 4.79 Å². The monoisotopic (exact) mass is 192 g/mol. The number of thiophene rings is 1. The van der Waals surface area contributed by atoms with E-state index in [1.807, 2.05) is 24.6 Å². The van der Waals surface area contributed by atoms with Crippen molar-refractivity contribution in [3.63, 3.8) is 0 Å². The van der Waals surface area contributed by atoms with Crippen LogP contribution < -0.4 is 0 Å². The lowest BCUT2D eigenvalue weighted by Gasteiger charge is -1.92. The van der Waals surface area contributed by atoms with Crippen molar-refractivity contribution in [2.24, 2.45) is 0 Å². The largest absolute Gasteiger partial charge is 0.297 e. The fourth-order valence-electron chi connectivity index (χ4n) is 1.08. The van der Waals surface area contributed by atoms with Gasteiger partial charge in [-0.15, -0.1) is 11.3 Å². The van der Waals surface area contributed by atoms with E-state index in [4.69, 9.17) is 0 Å². The highest BCUT2D eigenvalue weighted by atomic mass is 32.1. The Morgan fingerprint density at radius 2 is 2.46 bits per heavy atom. The zero-order valence-corrected chi connectivity index (χ0v) is 7.91. The van der Waals surface area contributed by atoms with Gasteiger partial charge in [0, 0.05) is 11.6 Å². The molecule has 0 fully saturated rings. The normalized spacial score (nSPS) is 10.2. The zero-order valence-electron chi connectivity index (χ0n) is 7.10. The molecule has 2 aromatic heterocycles. The Kier molecular flexibility index (Phi) is 1.98. The van der Waals surface area contributed by atoms with Crippen LogP contribution in [0.5, 0.6) is 0 Å². The lowest BCUT2D eigenvalue weighted by Crippen LogP contribution is -1.90. The van der Waals surface area contributed by atoms with E-state index < -0.39 is 0 Å².